The number of carbonyl (C=O) groups excluding carboxylic acids is 2. The zero-order valence-corrected chi connectivity index (χ0v) is 15.6. The summed E-state index contributed by atoms with van der Waals surface area (Å²) in [4.78, 5) is 25.0. The molecule has 6 heteroatoms. The van der Waals surface area contributed by atoms with Crippen molar-refractivity contribution >= 4 is 11.8 Å². The quantitative estimate of drug-likeness (QED) is 0.796. The Morgan fingerprint density at radius 2 is 1.93 bits per heavy atom. The summed E-state index contributed by atoms with van der Waals surface area (Å²) in [5, 5.41) is 0. The highest BCUT2D eigenvalue weighted by molar-refractivity contribution is 5.96. The number of carbonyl (C=O) groups is 2. The van der Waals surface area contributed by atoms with E-state index in [9.17, 15) is 9.59 Å². The molecule has 142 valence electrons. The summed E-state index contributed by atoms with van der Waals surface area (Å²) >= 11 is 0. The molecule has 1 aliphatic carbocycles. The smallest absolute Gasteiger partial charge is 0.269 e. The van der Waals surface area contributed by atoms with E-state index < -0.39 is 5.91 Å². The van der Waals surface area contributed by atoms with E-state index in [4.69, 9.17) is 9.47 Å². The predicted molar refractivity (Wildman–Crippen MR) is 102 cm³/mol. The van der Waals surface area contributed by atoms with E-state index in [1.165, 1.54) is 12.7 Å². The third-order valence-corrected chi connectivity index (χ3v) is 4.71. The van der Waals surface area contributed by atoms with Gasteiger partial charge in [0.05, 0.1) is 19.6 Å². The van der Waals surface area contributed by atoms with E-state index in [-0.39, 0.29) is 11.8 Å². The van der Waals surface area contributed by atoms with Crippen LogP contribution >= 0.6 is 0 Å². The van der Waals surface area contributed by atoms with E-state index in [0.29, 0.717) is 23.7 Å². The van der Waals surface area contributed by atoms with E-state index in [1.54, 1.807) is 18.2 Å². The van der Waals surface area contributed by atoms with Crippen molar-refractivity contribution in [3.05, 3.63) is 59.2 Å². The molecule has 0 saturated carbocycles. The molecule has 2 N–H and O–H groups in total. The van der Waals surface area contributed by atoms with Gasteiger partial charge in [0.15, 0.2) is 11.5 Å². The summed E-state index contributed by atoms with van der Waals surface area (Å²) in [6, 6.07) is 12.9. The summed E-state index contributed by atoms with van der Waals surface area (Å²) in [6.45, 7) is 2.37. The van der Waals surface area contributed by atoms with Gasteiger partial charge in [0.1, 0.15) is 0 Å². The lowest BCUT2D eigenvalue weighted by Gasteiger charge is -2.24. The van der Waals surface area contributed by atoms with Crippen molar-refractivity contribution < 1.29 is 19.1 Å². The Bertz CT molecular complexity index is 835. The molecule has 27 heavy (non-hydrogen) atoms. The van der Waals surface area contributed by atoms with Gasteiger partial charge in [-0.25, -0.2) is 0 Å². The Hall–Kier alpha value is -3.02. The van der Waals surface area contributed by atoms with Crippen molar-refractivity contribution in [1.29, 1.82) is 0 Å². The van der Waals surface area contributed by atoms with E-state index >= 15 is 0 Å². The molecule has 2 amide bonds. The van der Waals surface area contributed by atoms with Gasteiger partial charge in [-0.1, -0.05) is 24.3 Å². The average molecular weight is 368 g/mol. The van der Waals surface area contributed by atoms with Crippen LogP contribution in [0.15, 0.2) is 42.5 Å². The van der Waals surface area contributed by atoms with Gasteiger partial charge in [0, 0.05) is 5.56 Å². The first-order valence-corrected chi connectivity index (χ1v) is 9.13. The second-order valence-electron chi connectivity index (χ2n) is 6.39. The first-order valence-electron chi connectivity index (χ1n) is 9.13. The molecule has 1 aliphatic rings. The van der Waals surface area contributed by atoms with Crippen LogP contribution in [0.5, 0.6) is 11.5 Å². The Balaban J connectivity index is 1.65. The maximum Gasteiger partial charge on any atom is 0.269 e. The summed E-state index contributed by atoms with van der Waals surface area (Å²) in [6.07, 6.45) is 2.72. The molecule has 0 aromatic heterocycles. The van der Waals surface area contributed by atoms with Gasteiger partial charge >= 0.3 is 0 Å². The van der Waals surface area contributed by atoms with E-state index in [1.807, 2.05) is 25.1 Å². The lowest BCUT2D eigenvalue weighted by Crippen LogP contribution is -2.44. The summed E-state index contributed by atoms with van der Waals surface area (Å²) in [5.74, 6) is 0.184. The summed E-state index contributed by atoms with van der Waals surface area (Å²) in [5.41, 5.74) is 7.67. The number of fused-ring (bicyclic) bond motifs is 1. The predicted octanol–water partition coefficient (Wildman–Crippen LogP) is 2.98. The van der Waals surface area contributed by atoms with Crippen LogP contribution in [-0.4, -0.2) is 25.5 Å². The van der Waals surface area contributed by atoms with Crippen LogP contribution in [-0.2, 0) is 11.2 Å². The number of aryl methyl sites for hydroxylation is 1. The van der Waals surface area contributed by atoms with Crippen molar-refractivity contribution in [2.45, 2.75) is 32.1 Å². The number of ether oxygens (including phenoxy) is 2. The molecule has 6 nitrogen and oxygen atoms in total. The van der Waals surface area contributed by atoms with Crippen LogP contribution in [0.2, 0.25) is 0 Å². The maximum absolute atomic E-state index is 12.6. The monoisotopic (exact) mass is 368 g/mol. The minimum atomic E-state index is -0.409. The van der Waals surface area contributed by atoms with Crippen LogP contribution in [0.1, 0.15) is 47.2 Å². The third kappa shape index (κ3) is 4.22. The van der Waals surface area contributed by atoms with Crippen LogP contribution in [0.4, 0.5) is 0 Å². The zero-order chi connectivity index (χ0) is 19.2. The van der Waals surface area contributed by atoms with Gasteiger partial charge in [-0.3, -0.25) is 20.4 Å². The first-order chi connectivity index (χ1) is 13.1. The molecule has 0 fully saturated rings. The van der Waals surface area contributed by atoms with Crippen molar-refractivity contribution in [2.24, 2.45) is 0 Å². The molecular weight excluding hydrogens is 344 g/mol. The third-order valence-electron chi connectivity index (χ3n) is 4.71. The molecule has 2 aromatic rings. The second-order valence-corrected chi connectivity index (χ2v) is 6.39. The number of amides is 2. The Morgan fingerprint density at radius 1 is 1.11 bits per heavy atom. The number of hydrazine groups is 1. The number of rotatable bonds is 5. The van der Waals surface area contributed by atoms with Gasteiger partial charge in [-0.2, -0.15) is 0 Å². The molecule has 1 atom stereocenters. The fourth-order valence-electron chi connectivity index (χ4n) is 3.39. The molecule has 1 unspecified atom stereocenters. The van der Waals surface area contributed by atoms with Crippen molar-refractivity contribution in [3.8, 4) is 11.5 Å². The lowest BCUT2D eigenvalue weighted by atomic mass is 9.82. The van der Waals surface area contributed by atoms with Crippen LogP contribution < -0.4 is 20.3 Å². The Kier molecular flexibility index (Phi) is 5.96. The minimum Gasteiger partial charge on any atom is -0.493 e. The molecule has 0 bridgehead atoms. The first kappa shape index (κ1) is 18.8. The standard InChI is InChI=1S/C21H24N2O4/c1-3-27-18-12-11-15(13-19(18)26-2)20(24)22-23-21(25)17-10-6-8-14-7-4-5-9-16(14)17/h4-5,7,9,11-13,17H,3,6,8,10H2,1-2H3,(H,22,24)(H,23,25). The highest BCUT2D eigenvalue weighted by atomic mass is 16.5. The lowest BCUT2D eigenvalue weighted by molar-refractivity contribution is -0.123. The van der Waals surface area contributed by atoms with Crippen LogP contribution in [0.25, 0.3) is 0 Å². The summed E-state index contributed by atoms with van der Waals surface area (Å²) in [7, 11) is 1.52. The largest absolute Gasteiger partial charge is 0.493 e. The van der Waals surface area contributed by atoms with Gasteiger partial charge in [0.2, 0.25) is 5.91 Å². The molecule has 3 rings (SSSR count). The normalized spacial score (nSPS) is 15.4. The Morgan fingerprint density at radius 3 is 2.70 bits per heavy atom. The van der Waals surface area contributed by atoms with Crippen molar-refractivity contribution in [3.63, 3.8) is 0 Å². The highest BCUT2D eigenvalue weighted by Crippen LogP contribution is 2.31. The van der Waals surface area contributed by atoms with E-state index in [2.05, 4.69) is 16.9 Å². The van der Waals surface area contributed by atoms with Gasteiger partial charge in [-0.15, -0.1) is 0 Å². The molecular formula is C21H24N2O4. The maximum atomic E-state index is 12.6. The molecule has 0 radical (unpaired) electrons. The SMILES string of the molecule is CCOc1ccc(C(=O)NNC(=O)C2CCCc3ccccc32)cc1OC. The number of hydrogen-bond acceptors (Lipinski definition) is 4. The van der Waals surface area contributed by atoms with Crippen LogP contribution in [0, 0.1) is 0 Å². The average Bonchev–Trinajstić information content (AvgIpc) is 2.71. The minimum absolute atomic E-state index is 0.201. The second kappa shape index (κ2) is 8.58. The molecule has 0 heterocycles. The molecule has 0 spiro atoms. The van der Waals surface area contributed by atoms with Crippen molar-refractivity contribution in [1.82, 2.24) is 10.9 Å². The van der Waals surface area contributed by atoms with Crippen molar-refractivity contribution in [2.75, 3.05) is 13.7 Å². The zero-order valence-electron chi connectivity index (χ0n) is 15.6. The number of hydrogen-bond donors (Lipinski definition) is 2. The van der Waals surface area contributed by atoms with Gasteiger partial charge < -0.3 is 9.47 Å². The topological polar surface area (TPSA) is 76.7 Å². The highest BCUT2D eigenvalue weighted by Gasteiger charge is 2.26. The summed E-state index contributed by atoms with van der Waals surface area (Å²) < 4.78 is 10.7. The van der Waals surface area contributed by atoms with E-state index in [0.717, 1.165) is 24.8 Å². The van der Waals surface area contributed by atoms with Gasteiger partial charge in [0.25, 0.3) is 5.91 Å². The number of nitrogens with one attached hydrogen (secondary N) is 2. The Labute approximate surface area is 158 Å². The number of methoxy groups -OCH3 is 1. The van der Waals surface area contributed by atoms with Gasteiger partial charge in [-0.05, 0) is 55.5 Å². The number of benzene rings is 2. The fraction of sp³-hybridized carbons (Fsp3) is 0.333. The molecule has 2 aromatic carbocycles. The molecule has 0 aliphatic heterocycles. The molecule has 0 saturated heterocycles. The fourth-order valence-corrected chi connectivity index (χ4v) is 3.39. The van der Waals surface area contributed by atoms with Crippen LogP contribution in [0.3, 0.4) is 0 Å².